The van der Waals surface area contributed by atoms with Crippen LogP contribution >= 0.6 is 11.6 Å². The predicted molar refractivity (Wildman–Crippen MR) is 57.6 cm³/mol. The zero-order valence-electron chi connectivity index (χ0n) is 8.08. The summed E-state index contributed by atoms with van der Waals surface area (Å²) in [5.74, 6) is 0. The van der Waals surface area contributed by atoms with Gasteiger partial charge in [-0.2, -0.15) is 0 Å². The molecule has 1 aliphatic rings. The third kappa shape index (κ3) is 1.17. The number of fused-ring (bicyclic) bond motifs is 1. The topological polar surface area (TPSA) is 6.48 Å². The monoisotopic (exact) mass is 196 g/mol. The SMILES string of the molecule is Cc1ccc2c(c1)N(C)C(Cl)N2C. The lowest BCUT2D eigenvalue weighted by Gasteiger charge is -2.20. The van der Waals surface area contributed by atoms with Crippen LogP contribution in [0.3, 0.4) is 0 Å². The van der Waals surface area contributed by atoms with Gasteiger partial charge in [0.15, 0.2) is 5.62 Å². The van der Waals surface area contributed by atoms with Gasteiger partial charge in [0.05, 0.1) is 11.4 Å². The van der Waals surface area contributed by atoms with E-state index in [1.54, 1.807) is 0 Å². The number of alkyl halides is 1. The van der Waals surface area contributed by atoms with Crippen molar-refractivity contribution in [1.29, 1.82) is 0 Å². The maximum atomic E-state index is 6.18. The van der Waals surface area contributed by atoms with Crippen LogP contribution < -0.4 is 9.80 Å². The quantitative estimate of drug-likeness (QED) is 0.465. The van der Waals surface area contributed by atoms with Crippen LogP contribution in [0.15, 0.2) is 18.2 Å². The van der Waals surface area contributed by atoms with Gasteiger partial charge in [-0.15, -0.1) is 0 Å². The minimum Gasteiger partial charge on any atom is -0.340 e. The predicted octanol–water partition coefficient (Wildman–Crippen LogP) is 2.40. The van der Waals surface area contributed by atoms with Crippen molar-refractivity contribution in [2.75, 3.05) is 23.9 Å². The van der Waals surface area contributed by atoms with E-state index >= 15 is 0 Å². The second-order valence-corrected chi connectivity index (χ2v) is 3.91. The van der Waals surface area contributed by atoms with Crippen LogP contribution in [0.1, 0.15) is 5.56 Å². The molecule has 1 aromatic carbocycles. The molecular formula is C10H13ClN2. The van der Waals surface area contributed by atoms with Crippen LogP contribution in [0.4, 0.5) is 11.4 Å². The first-order valence-corrected chi connectivity index (χ1v) is 4.75. The van der Waals surface area contributed by atoms with E-state index in [4.69, 9.17) is 11.6 Å². The summed E-state index contributed by atoms with van der Waals surface area (Å²) in [6.45, 7) is 2.09. The van der Waals surface area contributed by atoms with Crippen LogP contribution in [-0.4, -0.2) is 19.7 Å². The van der Waals surface area contributed by atoms with Crippen LogP contribution in [0.25, 0.3) is 0 Å². The van der Waals surface area contributed by atoms with Gasteiger partial charge in [-0.3, -0.25) is 0 Å². The van der Waals surface area contributed by atoms with Crippen molar-refractivity contribution in [3.63, 3.8) is 0 Å². The molecule has 2 nitrogen and oxygen atoms in total. The number of anilines is 2. The lowest BCUT2D eigenvalue weighted by atomic mass is 10.2. The highest BCUT2D eigenvalue weighted by Gasteiger charge is 2.28. The Labute approximate surface area is 83.7 Å². The molecule has 2 rings (SSSR count). The summed E-state index contributed by atoms with van der Waals surface area (Å²) in [5.41, 5.74) is 3.62. The van der Waals surface area contributed by atoms with Crippen LogP contribution in [0.2, 0.25) is 0 Å². The summed E-state index contributed by atoms with van der Waals surface area (Å²) in [5, 5.41) is 0. The Bertz CT molecular complexity index is 338. The second-order valence-electron chi connectivity index (χ2n) is 3.52. The molecule has 3 heteroatoms. The highest BCUT2D eigenvalue weighted by Crippen LogP contribution is 2.39. The number of aryl methyl sites for hydroxylation is 1. The average molecular weight is 197 g/mol. The number of halogens is 1. The minimum absolute atomic E-state index is 0.0585. The van der Waals surface area contributed by atoms with Gasteiger partial charge in [0.2, 0.25) is 0 Å². The van der Waals surface area contributed by atoms with Crippen LogP contribution in [0, 0.1) is 6.92 Å². The molecule has 0 amide bonds. The zero-order valence-corrected chi connectivity index (χ0v) is 8.84. The fourth-order valence-electron chi connectivity index (χ4n) is 1.70. The molecule has 0 fully saturated rings. The molecule has 0 aromatic heterocycles. The molecule has 0 N–H and O–H groups in total. The highest BCUT2D eigenvalue weighted by molar-refractivity contribution is 6.24. The molecule has 1 atom stereocenters. The van der Waals surface area contributed by atoms with E-state index in [1.807, 2.05) is 14.1 Å². The number of rotatable bonds is 0. The third-order valence-electron chi connectivity index (χ3n) is 2.53. The van der Waals surface area contributed by atoms with Gasteiger partial charge in [-0.25, -0.2) is 0 Å². The maximum absolute atomic E-state index is 6.18. The molecule has 0 saturated heterocycles. The van der Waals surface area contributed by atoms with Crippen molar-refractivity contribution in [3.8, 4) is 0 Å². The Morgan fingerprint density at radius 1 is 1.15 bits per heavy atom. The Hall–Kier alpha value is -0.890. The minimum atomic E-state index is -0.0585. The summed E-state index contributed by atoms with van der Waals surface area (Å²) < 4.78 is 0. The van der Waals surface area contributed by atoms with E-state index in [2.05, 4.69) is 34.9 Å². The molecule has 0 radical (unpaired) electrons. The van der Waals surface area contributed by atoms with Gasteiger partial charge < -0.3 is 9.80 Å². The van der Waals surface area contributed by atoms with Crippen molar-refractivity contribution in [1.82, 2.24) is 0 Å². The van der Waals surface area contributed by atoms with Gasteiger partial charge in [0.1, 0.15) is 0 Å². The number of hydrogen-bond acceptors (Lipinski definition) is 2. The van der Waals surface area contributed by atoms with Crippen molar-refractivity contribution in [2.45, 2.75) is 12.5 Å². The number of benzene rings is 1. The summed E-state index contributed by atoms with van der Waals surface area (Å²) in [4.78, 5) is 4.14. The summed E-state index contributed by atoms with van der Waals surface area (Å²) in [6.07, 6.45) is 0. The molecule has 1 unspecified atom stereocenters. The van der Waals surface area contributed by atoms with E-state index in [0.29, 0.717) is 0 Å². The molecule has 70 valence electrons. The molecule has 1 aromatic rings. The standard InChI is InChI=1S/C10H13ClN2/c1-7-4-5-8-9(6-7)13(3)10(11)12(8)2/h4-6,10H,1-3H3. The third-order valence-corrected chi connectivity index (χ3v) is 3.12. The van der Waals surface area contributed by atoms with Crippen molar-refractivity contribution in [2.24, 2.45) is 0 Å². The fraction of sp³-hybridized carbons (Fsp3) is 0.400. The van der Waals surface area contributed by atoms with Gasteiger partial charge in [0, 0.05) is 14.1 Å². The van der Waals surface area contributed by atoms with E-state index in [-0.39, 0.29) is 5.62 Å². The van der Waals surface area contributed by atoms with E-state index in [9.17, 15) is 0 Å². The normalized spacial score (nSPS) is 20.8. The van der Waals surface area contributed by atoms with Gasteiger partial charge in [-0.1, -0.05) is 17.7 Å². The Kier molecular flexibility index (Phi) is 1.88. The average Bonchev–Trinajstić information content (AvgIpc) is 2.32. The molecule has 1 heterocycles. The summed E-state index contributed by atoms with van der Waals surface area (Å²) in [7, 11) is 4.02. The molecule has 0 saturated carbocycles. The van der Waals surface area contributed by atoms with Gasteiger partial charge in [0.25, 0.3) is 0 Å². The van der Waals surface area contributed by atoms with Crippen LogP contribution in [0.5, 0.6) is 0 Å². The highest BCUT2D eigenvalue weighted by atomic mass is 35.5. The van der Waals surface area contributed by atoms with E-state index in [0.717, 1.165) is 0 Å². The van der Waals surface area contributed by atoms with Crippen molar-refractivity contribution < 1.29 is 0 Å². The van der Waals surface area contributed by atoms with E-state index in [1.165, 1.54) is 16.9 Å². The zero-order chi connectivity index (χ0) is 9.59. The number of hydrogen-bond donors (Lipinski definition) is 0. The Morgan fingerprint density at radius 3 is 2.46 bits per heavy atom. The molecule has 13 heavy (non-hydrogen) atoms. The first kappa shape index (κ1) is 8.70. The first-order valence-electron chi connectivity index (χ1n) is 4.31. The Balaban J connectivity index is 2.54. The Morgan fingerprint density at radius 2 is 1.77 bits per heavy atom. The maximum Gasteiger partial charge on any atom is 0.179 e. The molecule has 0 spiro atoms. The number of nitrogens with zero attached hydrogens (tertiary/aromatic N) is 2. The lowest BCUT2D eigenvalue weighted by Crippen LogP contribution is -2.33. The first-order chi connectivity index (χ1) is 6.11. The van der Waals surface area contributed by atoms with Crippen molar-refractivity contribution in [3.05, 3.63) is 23.8 Å². The van der Waals surface area contributed by atoms with Gasteiger partial charge >= 0.3 is 0 Å². The van der Waals surface area contributed by atoms with Crippen molar-refractivity contribution >= 4 is 23.0 Å². The molecular weight excluding hydrogens is 184 g/mol. The van der Waals surface area contributed by atoms with Crippen LogP contribution in [-0.2, 0) is 0 Å². The smallest absolute Gasteiger partial charge is 0.179 e. The summed E-state index contributed by atoms with van der Waals surface area (Å²) >= 11 is 6.18. The molecule has 0 bridgehead atoms. The lowest BCUT2D eigenvalue weighted by molar-refractivity contribution is 0.845. The molecule has 1 aliphatic heterocycles. The van der Waals surface area contributed by atoms with Gasteiger partial charge in [-0.05, 0) is 24.6 Å². The second kappa shape index (κ2) is 2.81. The van der Waals surface area contributed by atoms with E-state index < -0.39 is 0 Å². The summed E-state index contributed by atoms with van der Waals surface area (Å²) in [6, 6.07) is 6.38. The largest absolute Gasteiger partial charge is 0.340 e. The molecule has 0 aliphatic carbocycles. The fourth-order valence-corrected chi connectivity index (χ4v) is 1.91.